The zero-order valence-electron chi connectivity index (χ0n) is 20.3. The molecule has 36 heavy (non-hydrogen) atoms. The molecule has 1 aliphatic carbocycles. The third-order valence-electron chi connectivity index (χ3n) is 7.14. The number of benzene rings is 2. The van der Waals surface area contributed by atoms with Gasteiger partial charge in [0.1, 0.15) is 5.69 Å². The molecule has 0 spiro atoms. The fourth-order valence-corrected chi connectivity index (χ4v) is 5.19. The number of carbonyl (C=O) groups is 1. The zero-order valence-corrected chi connectivity index (χ0v) is 20.3. The summed E-state index contributed by atoms with van der Waals surface area (Å²) in [7, 11) is 0. The van der Waals surface area contributed by atoms with Crippen LogP contribution in [0.1, 0.15) is 50.8 Å². The average Bonchev–Trinajstić information content (AvgIpc) is 3.52. The number of aromatic nitrogens is 3. The molecule has 4 aromatic rings. The number of aryl methyl sites for hydroxylation is 2. The Morgan fingerprint density at radius 1 is 1.11 bits per heavy atom. The number of fused-ring (bicyclic) bond motifs is 2. The molecule has 2 aromatic heterocycles. The highest BCUT2D eigenvalue weighted by molar-refractivity contribution is 6.04. The minimum absolute atomic E-state index is 0.133. The molecule has 1 atom stereocenters. The predicted octanol–water partition coefficient (Wildman–Crippen LogP) is 3.58. The molecule has 2 N–H and O–H groups in total. The summed E-state index contributed by atoms with van der Waals surface area (Å²) in [6, 6.07) is 16.2. The quantitative estimate of drug-likeness (QED) is 0.442. The third-order valence-corrected chi connectivity index (χ3v) is 7.14. The SMILES string of the molecule is Cc1ccc(C(=O)Nc2ccc3c(c2)CC[C@H]3N2CCNCC2)cc1C#Cc1cnc2cccnn12. The maximum Gasteiger partial charge on any atom is 0.255 e. The van der Waals surface area contributed by atoms with Crippen molar-refractivity contribution < 1.29 is 4.79 Å². The van der Waals surface area contributed by atoms with Crippen molar-refractivity contribution >= 4 is 17.2 Å². The largest absolute Gasteiger partial charge is 0.322 e. The molecule has 0 unspecified atom stereocenters. The van der Waals surface area contributed by atoms with Crippen molar-refractivity contribution in [3.05, 3.63) is 94.4 Å². The van der Waals surface area contributed by atoms with Gasteiger partial charge in [0.05, 0.1) is 6.20 Å². The standard InChI is InChI=1S/C29H28N6O/c1-20-4-5-23(17-21(20)6-9-25-19-31-28-3-2-12-32-35(25)28)29(36)33-24-8-10-26-22(18-24)7-11-27(26)34-15-13-30-14-16-34/h2-5,8,10,12,17-19,27,30H,7,11,13-16H2,1H3,(H,33,36)/t27-/m1/s1. The Hall–Kier alpha value is -3.99. The van der Waals surface area contributed by atoms with E-state index in [1.807, 2.05) is 43.3 Å². The second-order valence-corrected chi connectivity index (χ2v) is 9.42. The Morgan fingerprint density at radius 3 is 2.89 bits per heavy atom. The average molecular weight is 477 g/mol. The van der Waals surface area contributed by atoms with Crippen molar-refractivity contribution in [3.8, 4) is 11.8 Å². The third kappa shape index (κ3) is 4.37. The van der Waals surface area contributed by atoms with Gasteiger partial charge in [-0.05, 0) is 78.8 Å². The lowest BCUT2D eigenvalue weighted by molar-refractivity contribution is 0.102. The fraction of sp³-hybridized carbons (Fsp3) is 0.276. The molecule has 2 aliphatic rings. The minimum atomic E-state index is -0.133. The van der Waals surface area contributed by atoms with Crippen molar-refractivity contribution in [1.29, 1.82) is 0 Å². The van der Waals surface area contributed by atoms with E-state index in [1.165, 1.54) is 11.1 Å². The Labute approximate surface area is 210 Å². The lowest BCUT2D eigenvalue weighted by Gasteiger charge is -2.33. The smallest absolute Gasteiger partial charge is 0.255 e. The summed E-state index contributed by atoms with van der Waals surface area (Å²) in [6.07, 6.45) is 5.62. The van der Waals surface area contributed by atoms with E-state index in [0.29, 0.717) is 17.3 Å². The number of nitrogens with zero attached hydrogens (tertiary/aromatic N) is 4. The number of imidazole rings is 1. The summed E-state index contributed by atoms with van der Waals surface area (Å²) in [5, 5.41) is 10.8. The normalized spacial score (nSPS) is 17.4. The Bertz CT molecular complexity index is 1510. The van der Waals surface area contributed by atoms with E-state index in [-0.39, 0.29) is 5.91 Å². The van der Waals surface area contributed by atoms with Crippen molar-refractivity contribution in [3.63, 3.8) is 0 Å². The summed E-state index contributed by atoms with van der Waals surface area (Å²) in [6.45, 7) is 6.29. The van der Waals surface area contributed by atoms with Gasteiger partial charge in [-0.3, -0.25) is 9.69 Å². The first-order chi connectivity index (χ1) is 17.7. The van der Waals surface area contributed by atoms with E-state index < -0.39 is 0 Å². The van der Waals surface area contributed by atoms with Crippen LogP contribution in [-0.4, -0.2) is 51.6 Å². The minimum Gasteiger partial charge on any atom is -0.322 e. The highest BCUT2D eigenvalue weighted by Gasteiger charge is 2.28. The molecule has 1 saturated heterocycles. The lowest BCUT2D eigenvalue weighted by Crippen LogP contribution is -2.44. The van der Waals surface area contributed by atoms with Gasteiger partial charge < -0.3 is 10.6 Å². The molecule has 2 aromatic carbocycles. The van der Waals surface area contributed by atoms with E-state index in [1.54, 1.807) is 16.9 Å². The van der Waals surface area contributed by atoms with Gasteiger partial charge in [0, 0.05) is 55.2 Å². The fourth-order valence-electron chi connectivity index (χ4n) is 5.19. The number of rotatable bonds is 3. The Balaban J connectivity index is 1.19. The van der Waals surface area contributed by atoms with E-state index in [9.17, 15) is 4.79 Å². The molecule has 1 aliphatic heterocycles. The summed E-state index contributed by atoms with van der Waals surface area (Å²) in [4.78, 5) is 20.0. The van der Waals surface area contributed by atoms with Gasteiger partial charge in [-0.1, -0.05) is 18.1 Å². The van der Waals surface area contributed by atoms with Gasteiger partial charge in [0.15, 0.2) is 5.65 Å². The van der Waals surface area contributed by atoms with Crippen LogP contribution in [0, 0.1) is 18.8 Å². The first-order valence-corrected chi connectivity index (χ1v) is 12.5. The first kappa shape index (κ1) is 22.5. The molecule has 1 fully saturated rings. The van der Waals surface area contributed by atoms with Crippen LogP contribution in [0.5, 0.6) is 0 Å². The van der Waals surface area contributed by atoms with E-state index in [4.69, 9.17) is 0 Å². The molecule has 0 saturated carbocycles. The number of piperazine rings is 1. The van der Waals surface area contributed by atoms with Gasteiger partial charge in [-0.2, -0.15) is 5.10 Å². The van der Waals surface area contributed by atoms with Crippen molar-refractivity contribution in [2.24, 2.45) is 0 Å². The van der Waals surface area contributed by atoms with Crippen LogP contribution in [0.4, 0.5) is 5.69 Å². The molecule has 3 heterocycles. The molecule has 180 valence electrons. The van der Waals surface area contributed by atoms with Crippen LogP contribution in [0.25, 0.3) is 5.65 Å². The number of carbonyl (C=O) groups excluding carboxylic acids is 1. The maximum atomic E-state index is 13.1. The molecule has 6 rings (SSSR count). The predicted molar refractivity (Wildman–Crippen MR) is 140 cm³/mol. The van der Waals surface area contributed by atoms with Gasteiger partial charge in [-0.15, -0.1) is 0 Å². The first-order valence-electron chi connectivity index (χ1n) is 12.5. The van der Waals surface area contributed by atoms with Crippen LogP contribution in [0.15, 0.2) is 60.9 Å². The van der Waals surface area contributed by atoms with Crippen LogP contribution in [0.3, 0.4) is 0 Å². The summed E-state index contributed by atoms with van der Waals surface area (Å²) < 4.78 is 1.71. The van der Waals surface area contributed by atoms with Crippen LogP contribution in [0.2, 0.25) is 0 Å². The van der Waals surface area contributed by atoms with Gasteiger partial charge >= 0.3 is 0 Å². The topological polar surface area (TPSA) is 74.6 Å². The molecule has 0 bridgehead atoms. The Kier molecular flexibility index (Phi) is 5.98. The highest BCUT2D eigenvalue weighted by Crippen LogP contribution is 2.37. The van der Waals surface area contributed by atoms with Crippen LogP contribution >= 0.6 is 0 Å². The summed E-state index contributed by atoms with van der Waals surface area (Å²) in [5.41, 5.74) is 7.44. The molecular formula is C29H28N6O. The number of hydrogen-bond acceptors (Lipinski definition) is 5. The second kappa shape index (κ2) is 9.57. The molecule has 7 heteroatoms. The second-order valence-electron chi connectivity index (χ2n) is 9.42. The van der Waals surface area contributed by atoms with Crippen LogP contribution < -0.4 is 10.6 Å². The molecule has 7 nitrogen and oxygen atoms in total. The number of anilines is 1. The van der Waals surface area contributed by atoms with Gasteiger partial charge in [0.25, 0.3) is 5.91 Å². The molecule has 1 amide bonds. The number of nitrogens with one attached hydrogen (secondary N) is 2. The van der Waals surface area contributed by atoms with Gasteiger partial charge in [-0.25, -0.2) is 9.50 Å². The van der Waals surface area contributed by atoms with Crippen molar-refractivity contribution in [2.45, 2.75) is 25.8 Å². The number of hydrogen-bond donors (Lipinski definition) is 2. The van der Waals surface area contributed by atoms with E-state index in [2.05, 4.69) is 49.6 Å². The summed E-state index contributed by atoms with van der Waals surface area (Å²) in [5.74, 6) is 6.21. The zero-order chi connectivity index (χ0) is 24.5. The van der Waals surface area contributed by atoms with E-state index in [0.717, 1.165) is 61.5 Å². The lowest BCUT2D eigenvalue weighted by atomic mass is 10.0. The highest BCUT2D eigenvalue weighted by atomic mass is 16.1. The van der Waals surface area contributed by atoms with E-state index >= 15 is 0 Å². The van der Waals surface area contributed by atoms with Gasteiger partial charge in [0.2, 0.25) is 0 Å². The Morgan fingerprint density at radius 2 is 2.00 bits per heavy atom. The monoisotopic (exact) mass is 476 g/mol. The van der Waals surface area contributed by atoms with Crippen molar-refractivity contribution in [2.75, 3.05) is 31.5 Å². The number of amides is 1. The summed E-state index contributed by atoms with van der Waals surface area (Å²) >= 11 is 0. The molecular weight excluding hydrogens is 448 g/mol. The molecule has 0 radical (unpaired) electrons. The maximum absolute atomic E-state index is 13.1. The van der Waals surface area contributed by atoms with Crippen LogP contribution in [-0.2, 0) is 6.42 Å². The van der Waals surface area contributed by atoms with Crippen molar-refractivity contribution in [1.82, 2.24) is 24.8 Å².